The zero-order valence-electron chi connectivity index (χ0n) is 19.0. The Balaban J connectivity index is 1.11. The lowest BCUT2D eigenvalue weighted by molar-refractivity contribution is 0.252. The summed E-state index contributed by atoms with van der Waals surface area (Å²) in [5, 5.41) is 4.95. The van der Waals surface area contributed by atoms with E-state index in [4.69, 9.17) is 10.5 Å². The maximum absolute atomic E-state index is 11.4. The number of anilines is 2. The fourth-order valence-corrected chi connectivity index (χ4v) is 6.11. The van der Waals surface area contributed by atoms with Gasteiger partial charge in [0.1, 0.15) is 10.8 Å². The van der Waals surface area contributed by atoms with Crippen LogP contribution in [0.5, 0.6) is 5.75 Å². The van der Waals surface area contributed by atoms with Crippen LogP contribution in [0.3, 0.4) is 0 Å². The molecule has 33 heavy (non-hydrogen) atoms. The third-order valence-corrected chi connectivity index (χ3v) is 7.85. The van der Waals surface area contributed by atoms with Crippen LogP contribution >= 0.6 is 11.3 Å². The molecule has 0 radical (unpaired) electrons. The highest BCUT2D eigenvalue weighted by Crippen LogP contribution is 2.36. The molecule has 5 rings (SSSR count). The summed E-state index contributed by atoms with van der Waals surface area (Å²) in [5.41, 5.74) is 9.24. The first-order chi connectivity index (χ1) is 16.2. The molecule has 0 aliphatic carbocycles. The summed E-state index contributed by atoms with van der Waals surface area (Å²) in [7, 11) is 0. The van der Waals surface area contributed by atoms with Gasteiger partial charge in [-0.15, -0.1) is 11.3 Å². The number of carbonyl (C=O) groups is 1. The Kier molecular flexibility index (Phi) is 6.69. The van der Waals surface area contributed by atoms with Gasteiger partial charge in [0.2, 0.25) is 0 Å². The van der Waals surface area contributed by atoms with Crippen molar-refractivity contribution in [3.63, 3.8) is 0 Å². The van der Waals surface area contributed by atoms with Crippen LogP contribution in [0.15, 0.2) is 42.5 Å². The SMILES string of the molecule is NC(=O)Nc1sc2ccccc2c1CCCCN1CCN(c2ccc3c(c2)OCCC3)CC1. The van der Waals surface area contributed by atoms with Gasteiger partial charge in [0.15, 0.2) is 0 Å². The summed E-state index contributed by atoms with van der Waals surface area (Å²) in [4.78, 5) is 16.5. The Hall–Kier alpha value is -2.77. The van der Waals surface area contributed by atoms with Gasteiger partial charge in [-0.05, 0) is 67.3 Å². The summed E-state index contributed by atoms with van der Waals surface area (Å²) in [6.07, 6.45) is 5.44. The Labute approximate surface area is 199 Å². The third kappa shape index (κ3) is 5.09. The summed E-state index contributed by atoms with van der Waals surface area (Å²) in [6, 6.07) is 14.6. The number of primary amides is 1. The molecule has 174 valence electrons. The highest BCUT2D eigenvalue weighted by Gasteiger charge is 2.19. The van der Waals surface area contributed by atoms with Crippen molar-refractivity contribution in [3.8, 4) is 5.75 Å². The maximum atomic E-state index is 11.4. The predicted octanol–water partition coefficient (Wildman–Crippen LogP) is 4.86. The van der Waals surface area contributed by atoms with E-state index in [9.17, 15) is 4.79 Å². The second kappa shape index (κ2) is 10.0. The lowest BCUT2D eigenvalue weighted by Gasteiger charge is -2.36. The molecule has 0 saturated carbocycles. The van der Waals surface area contributed by atoms with Crippen LogP contribution in [-0.4, -0.2) is 50.3 Å². The number of hydrogen-bond acceptors (Lipinski definition) is 5. The van der Waals surface area contributed by atoms with Gasteiger partial charge in [0.05, 0.1) is 6.61 Å². The molecule has 0 unspecified atom stereocenters. The van der Waals surface area contributed by atoms with E-state index in [1.165, 1.54) is 26.9 Å². The molecule has 1 saturated heterocycles. The number of piperazine rings is 1. The minimum atomic E-state index is -0.494. The zero-order valence-corrected chi connectivity index (χ0v) is 19.8. The van der Waals surface area contributed by atoms with E-state index in [0.717, 1.165) is 82.2 Å². The average molecular weight is 465 g/mol. The molecule has 2 aliphatic heterocycles. The minimum absolute atomic E-state index is 0.494. The van der Waals surface area contributed by atoms with Gasteiger partial charge in [0.25, 0.3) is 0 Å². The Morgan fingerprint density at radius 1 is 1.09 bits per heavy atom. The lowest BCUT2D eigenvalue weighted by Crippen LogP contribution is -2.46. The molecular weight excluding hydrogens is 432 g/mol. The fraction of sp³-hybridized carbons (Fsp3) is 0.423. The topological polar surface area (TPSA) is 70.8 Å². The van der Waals surface area contributed by atoms with Crippen LogP contribution in [0.2, 0.25) is 0 Å². The van der Waals surface area contributed by atoms with Crippen LogP contribution in [0.25, 0.3) is 10.1 Å². The van der Waals surface area contributed by atoms with Gasteiger partial charge < -0.3 is 15.4 Å². The molecule has 0 spiro atoms. The van der Waals surface area contributed by atoms with Gasteiger partial charge in [-0.1, -0.05) is 24.3 Å². The van der Waals surface area contributed by atoms with Crippen LogP contribution in [0.1, 0.15) is 30.4 Å². The van der Waals surface area contributed by atoms with E-state index in [-0.39, 0.29) is 0 Å². The molecule has 0 atom stereocenters. The van der Waals surface area contributed by atoms with E-state index in [1.54, 1.807) is 11.3 Å². The normalized spacial score (nSPS) is 16.4. The van der Waals surface area contributed by atoms with E-state index in [1.807, 2.05) is 6.07 Å². The first-order valence-corrected chi connectivity index (χ1v) is 12.8. The number of nitrogens with two attached hydrogens (primary N) is 1. The maximum Gasteiger partial charge on any atom is 0.317 e. The number of ether oxygens (including phenoxy) is 1. The highest BCUT2D eigenvalue weighted by molar-refractivity contribution is 7.23. The Morgan fingerprint density at radius 3 is 2.79 bits per heavy atom. The van der Waals surface area contributed by atoms with Crippen molar-refractivity contribution in [2.75, 3.05) is 49.5 Å². The second-order valence-electron chi connectivity index (χ2n) is 8.92. The number of benzene rings is 2. The first-order valence-electron chi connectivity index (χ1n) is 12.0. The number of amides is 2. The molecule has 3 N–H and O–H groups in total. The standard InChI is InChI=1S/C26H32N4O2S/c27-26(31)28-25-22(21-7-1-2-9-24(21)33-25)8-3-4-12-29-13-15-30(16-14-29)20-11-10-19-6-5-17-32-23(19)18-20/h1-2,7,9-11,18H,3-6,8,12-17H2,(H3,27,28,31). The van der Waals surface area contributed by atoms with Gasteiger partial charge in [-0.2, -0.15) is 0 Å². The number of hydrogen-bond donors (Lipinski definition) is 2. The molecule has 7 heteroatoms. The van der Waals surface area contributed by atoms with Crippen molar-refractivity contribution < 1.29 is 9.53 Å². The van der Waals surface area contributed by atoms with Crippen LogP contribution in [-0.2, 0) is 12.8 Å². The molecule has 2 aromatic carbocycles. The molecular formula is C26H32N4O2S. The van der Waals surface area contributed by atoms with E-state index < -0.39 is 6.03 Å². The number of unbranched alkanes of at least 4 members (excludes halogenated alkanes) is 1. The van der Waals surface area contributed by atoms with E-state index in [2.05, 4.69) is 51.5 Å². The molecule has 3 heterocycles. The van der Waals surface area contributed by atoms with Gasteiger partial charge >= 0.3 is 6.03 Å². The monoisotopic (exact) mass is 464 g/mol. The van der Waals surface area contributed by atoms with Crippen molar-refractivity contribution in [1.82, 2.24) is 4.90 Å². The fourth-order valence-electron chi connectivity index (χ4n) is 4.95. The van der Waals surface area contributed by atoms with Crippen LogP contribution < -0.4 is 20.7 Å². The minimum Gasteiger partial charge on any atom is -0.493 e. The molecule has 3 aromatic rings. The number of nitrogens with zero attached hydrogens (tertiary/aromatic N) is 2. The molecule has 2 aliphatic rings. The Bertz CT molecular complexity index is 1120. The average Bonchev–Trinajstić information content (AvgIpc) is 3.18. The van der Waals surface area contributed by atoms with Gasteiger partial charge in [-0.3, -0.25) is 10.2 Å². The van der Waals surface area contributed by atoms with Gasteiger partial charge in [0, 0.05) is 42.6 Å². The largest absolute Gasteiger partial charge is 0.493 e. The number of rotatable bonds is 7. The van der Waals surface area contributed by atoms with E-state index in [0.29, 0.717) is 0 Å². The first kappa shape index (κ1) is 22.0. The highest BCUT2D eigenvalue weighted by atomic mass is 32.1. The predicted molar refractivity (Wildman–Crippen MR) is 137 cm³/mol. The number of fused-ring (bicyclic) bond motifs is 2. The summed E-state index contributed by atoms with van der Waals surface area (Å²) >= 11 is 1.61. The second-order valence-corrected chi connectivity index (χ2v) is 9.98. The number of carbonyl (C=O) groups excluding carboxylic acids is 1. The molecule has 6 nitrogen and oxygen atoms in total. The molecule has 0 bridgehead atoms. The van der Waals surface area contributed by atoms with Crippen LogP contribution in [0, 0.1) is 0 Å². The number of thiophene rings is 1. The van der Waals surface area contributed by atoms with Crippen molar-refractivity contribution in [3.05, 3.63) is 53.6 Å². The number of nitrogens with one attached hydrogen (secondary N) is 1. The molecule has 2 amide bonds. The third-order valence-electron chi connectivity index (χ3n) is 6.72. The van der Waals surface area contributed by atoms with E-state index >= 15 is 0 Å². The van der Waals surface area contributed by atoms with Crippen LogP contribution in [0.4, 0.5) is 15.5 Å². The number of urea groups is 1. The lowest BCUT2D eigenvalue weighted by atomic mass is 10.1. The Morgan fingerprint density at radius 2 is 1.94 bits per heavy atom. The van der Waals surface area contributed by atoms with Crippen molar-refractivity contribution in [1.29, 1.82) is 0 Å². The van der Waals surface area contributed by atoms with Crippen molar-refractivity contribution in [2.45, 2.75) is 32.1 Å². The smallest absolute Gasteiger partial charge is 0.317 e. The molecule has 1 aromatic heterocycles. The molecule has 1 fully saturated rings. The summed E-state index contributed by atoms with van der Waals surface area (Å²) < 4.78 is 7.06. The summed E-state index contributed by atoms with van der Waals surface area (Å²) in [5.74, 6) is 1.08. The quantitative estimate of drug-likeness (QED) is 0.490. The number of aryl methyl sites for hydroxylation is 2. The van der Waals surface area contributed by atoms with Crippen molar-refractivity contribution in [2.24, 2.45) is 5.73 Å². The van der Waals surface area contributed by atoms with Gasteiger partial charge in [-0.25, -0.2) is 4.79 Å². The zero-order chi connectivity index (χ0) is 22.6. The van der Waals surface area contributed by atoms with Crippen molar-refractivity contribution >= 4 is 38.1 Å². The summed E-state index contributed by atoms with van der Waals surface area (Å²) in [6.45, 7) is 6.25.